The second-order valence-electron chi connectivity index (χ2n) is 7.38. The minimum Gasteiger partial charge on any atom is -0.436 e. The lowest BCUT2D eigenvalue weighted by atomic mass is 9.98. The van der Waals surface area contributed by atoms with Crippen LogP contribution in [0.5, 0.6) is 0 Å². The molecule has 1 aliphatic heterocycles. The maximum atomic E-state index is 12.6. The zero-order valence-corrected chi connectivity index (χ0v) is 17.0. The van der Waals surface area contributed by atoms with Gasteiger partial charge in [0.1, 0.15) is 5.69 Å². The van der Waals surface area contributed by atoms with Crippen molar-refractivity contribution in [3.63, 3.8) is 0 Å². The van der Waals surface area contributed by atoms with E-state index in [9.17, 15) is 9.59 Å². The van der Waals surface area contributed by atoms with Gasteiger partial charge in [-0.3, -0.25) is 4.79 Å². The van der Waals surface area contributed by atoms with Crippen molar-refractivity contribution in [3.05, 3.63) is 45.4 Å². The summed E-state index contributed by atoms with van der Waals surface area (Å²) in [7, 11) is 0. The normalized spacial score (nSPS) is 16.2. The zero-order chi connectivity index (χ0) is 20.2. The number of benzene rings is 1. The number of hydrogen-bond donors (Lipinski definition) is 1. The lowest BCUT2D eigenvalue weighted by Crippen LogP contribution is -2.38. The Bertz CT molecular complexity index is 954. The van der Waals surface area contributed by atoms with E-state index < -0.39 is 0 Å². The van der Waals surface area contributed by atoms with Crippen LogP contribution in [0, 0.1) is 12.3 Å². The van der Waals surface area contributed by atoms with Crippen molar-refractivity contribution in [2.75, 3.05) is 25.0 Å². The van der Waals surface area contributed by atoms with Crippen LogP contribution >= 0.6 is 11.3 Å². The van der Waals surface area contributed by atoms with Crippen LogP contribution < -0.4 is 5.32 Å². The number of nitrogens with zero attached hydrogens (tertiary/aromatic N) is 2. The number of ether oxygens (including phenoxy) is 1. The summed E-state index contributed by atoms with van der Waals surface area (Å²) in [5.74, 6) is 2.37. The molecule has 7 heteroatoms. The molecule has 1 aromatic carbocycles. The quantitative estimate of drug-likeness (QED) is 0.779. The topological polar surface area (TPSA) is 71.5 Å². The summed E-state index contributed by atoms with van der Waals surface area (Å²) in [6.45, 7) is 1.20. The van der Waals surface area contributed by atoms with Crippen LogP contribution in [-0.4, -0.2) is 41.6 Å². The molecule has 2 aromatic rings. The largest absolute Gasteiger partial charge is 0.436 e. The summed E-state index contributed by atoms with van der Waals surface area (Å²) in [6, 6.07) is 6.14. The number of aromatic nitrogens is 1. The van der Waals surface area contributed by atoms with Crippen molar-refractivity contribution >= 4 is 29.0 Å². The van der Waals surface area contributed by atoms with E-state index >= 15 is 0 Å². The Kier molecular flexibility index (Phi) is 5.81. The third-order valence-corrected chi connectivity index (χ3v) is 6.50. The van der Waals surface area contributed by atoms with Crippen molar-refractivity contribution < 1.29 is 14.3 Å². The van der Waals surface area contributed by atoms with E-state index in [1.54, 1.807) is 4.90 Å². The predicted molar refractivity (Wildman–Crippen MR) is 112 cm³/mol. The minimum atomic E-state index is -0.366. The number of hydrogen-bond acceptors (Lipinski definition) is 5. The highest BCUT2D eigenvalue weighted by atomic mass is 32.1. The Morgan fingerprint density at radius 2 is 2.07 bits per heavy atom. The molecule has 1 aromatic heterocycles. The SMILES string of the molecule is C#CCOC(=O)N1CCC(c2nc(C(=O)Nc3ccc4c(c3)CCC4)cs2)CC1. The smallest absolute Gasteiger partial charge is 0.410 e. The molecule has 29 heavy (non-hydrogen) atoms. The summed E-state index contributed by atoms with van der Waals surface area (Å²) in [4.78, 5) is 30.7. The van der Waals surface area contributed by atoms with Crippen LogP contribution in [0.1, 0.15) is 51.8 Å². The Labute approximate surface area is 174 Å². The van der Waals surface area contributed by atoms with Crippen LogP contribution in [0.2, 0.25) is 0 Å². The van der Waals surface area contributed by atoms with E-state index in [4.69, 9.17) is 11.2 Å². The van der Waals surface area contributed by atoms with Crippen molar-refractivity contribution in [1.29, 1.82) is 0 Å². The molecule has 6 nitrogen and oxygen atoms in total. The predicted octanol–water partition coefficient (Wildman–Crippen LogP) is 3.83. The van der Waals surface area contributed by atoms with Crippen LogP contribution in [0.15, 0.2) is 23.6 Å². The van der Waals surface area contributed by atoms with Crippen LogP contribution in [0.3, 0.4) is 0 Å². The molecule has 2 heterocycles. The molecule has 0 spiro atoms. The van der Waals surface area contributed by atoms with Gasteiger partial charge < -0.3 is 15.0 Å². The van der Waals surface area contributed by atoms with E-state index in [-0.39, 0.29) is 24.5 Å². The zero-order valence-electron chi connectivity index (χ0n) is 16.1. The Hall–Kier alpha value is -2.85. The minimum absolute atomic E-state index is 0.00602. The first-order valence-electron chi connectivity index (χ1n) is 9.88. The molecular weight excluding hydrogens is 386 g/mol. The first-order chi connectivity index (χ1) is 14.1. The van der Waals surface area contributed by atoms with E-state index in [1.165, 1.54) is 28.9 Å². The maximum Gasteiger partial charge on any atom is 0.410 e. The number of carbonyl (C=O) groups is 2. The second-order valence-corrected chi connectivity index (χ2v) is 8.27. The highest BCUT2D eigenvalue weighted by Gasteiger charge is 2.27. The molecular formula is C22H23N3O3S. The summed E-state index contributed by atoms with van der Waals surface area (Å²) >= 11 is 1.51. The molecule has 0 unspecified atom stereocenters. The number of thiazole rings is 1. The molecule has 2 amide bonds. The van der Waals surface area contributed by atoms with E-state index in [2.05, 4.69) is 28.4 Å². The molecule has 1 N–H and O–H groups in total. The number of aryl methyl sites for hydroxylation is 2. The number of amides is 2. The fourth-order valence-corrected chi connectivity index (χ4v) is 4.90. The first-order valence-corrected chi connectivity index (χ1v) is 10.8. The maximum absolute atomic E-state index is 12.6. The highest BCUT2D eigenvalue weighted by Crippen LogP contribution is 2.31. The summed E-state index contributed by atoms with van der Waals surface area (Å²) < 4.78 is 4.98. The molecule has 0 bridgehead atoms. The number of likely N-dealkylation sites (tertiary alicyclic amines) is 1. The molecule has 1 saturated heterocycles. The lowest BCUT2D eigenvalue weighted by molar-refractivity contribution is 0.102. The summed E-state index contributed by atoms with van der Waals surface area (Å²) in [5, 5.41) is 5.72. The van der Waals surface area contributed by atoms with E-state index in [0.29, 0.717) is 18.8 Å². The average molecular weight is 410 g/mol. The van der Waals surface area contributed by atoms with Crippen molar-refractivity contribution in [2.45, 2.75) is 38.0 Å². The number of rotatable bonds is 4. The molecule has 4 rings (SSSR count). The van der Waals surface area contributed by atoms with Crippen molar-refractivity contribution in [1.82, 2.24) is 9.88 Å². The Morgan fingerprint density at radius 1 is 1.28 bits per heavy atom. The van der Waals surface area contributed by atoms with Gasteiger partial charge in [-0.25, -0.2) is 9.78 Å². The fourth-order valence-electron chi connectivity index (χ4n) is 3.93. The number of fused-ring (bicyclic) bond motifs is 1. The molecule has 1 fully saturated rings. The fraction of sp³-hybridized carbons (Fsp3) is 0.409. The van der Waals surface area contributed by atoms with Gasteiger partial charge in [0, 0.05) is 30.1 Å². The van der Waals surface area contributed by atoms with Crippen molar-refractivity contribution in [3.8, 4) is 12.3 Å². The number of piperidine rings is 1. The number of nitrogens with one attached hydrogen (secondary N) is 1. The number of terminal acetylenes is 1. The van der Waals surface area contributed by atoms with Gasteiger partial charge in [-0.1, -0.05) is 12.0 Å². The summed E-state index contributed by atoms with van der Waals surface area (Å²) in [5.41, 5.74) is 3.98. The molecule has 1 aliphatic carbocycles. The molecule has 0 radical (unpaired) electrons. The third kappa shape index (κ3) is 4.43. The van der Waals surface area contributed by atoms with Gasteiger partial charge in [0.05, 0.1) is 5.01 Å². The van der Waals surface area contributed by atoms with Gasteiger partial charge in [0.2, 0.25) is 0 Å². The van der Waals surface area contributed by atoms with Gasteiger partial charge in [-0.05, 0) is 55.4 Å². The van der Waals surface area contributed by atoms with Gasteiger partial charge >= 0.3 is 6.09 Å². The van der Waals surface area contributed by atoms with Crippen molar-refractivity contribution in [2.24, 2.45) is 0 Å². The molecule has 150 valence electrons. The third-order valence-electron chi connectivity index (χ3n) is 5.49. The molecule has 2 aliphatic rings. The van der Waals surface area contributed by atoms with Crippen LogP contribution in [0.25, 0.3) is 0 Å². The number of anilines is 1. The molecule has 0 saturated carbocycles. The van der Waals surface area contributed by atoms with Crippen LogP contribution in [-0.2, 0) is 17.6 Å². The van der Waals surface area contributed by atoms with Gasteiger partial charge in [-0.15, -0.1) is 17.8 Å². The Morgan fingerprint density at radius 3 is 2.86 bits per heavy atom. The average Bonchev–Trinajstić information content (AvgIpc) is 3.41. The molecule has 0 atom stereocenters. The van der Waals surface area contributed by atoms with Gasteiger partial charge in [0.25, 0.3) is 5.91 Å². The second kappa shape index (κ2) is 8.66. The van der Waals surface area contributed by atoms with E-state index in [0.717, 1.165) is 36.4 Å². The first kappa shape index (κ1) is 19.5. The standard InChI is InChI=1S/C22H23N3O3S/c1-2-12-28-22(27)25-10-8-16(9-11-25)21-24-19(14-29-21)20(26)23-18-7-6-15-4-3-5-17(15)13-18/h1,6-7,13-14,16H,3-5,8-12H2,(H,23,26). The highest BCUT2D eigenvalue weighted by molar-refractivity contribution is 7.10. The number of carbonyl (C=O) groups excluding carboxylic acids is 2. The van der Waals surface area contributed by atoms with Gasteiger partial charge in [-0.2, -0.15) is 0 Å². The Balaban J connectivity index is 1.33. The lowest BCUT2D eigenvalue weighted by Gasteiger charge is -2.30. The van der Waals surface area contributed by atoms with Gasteiger partial charge in [0.15, 0.2) is 6.61 Å². The monoisotopic (exact) mass is 409 g/mol. The van der Waals surface area contributed by atoms with E-state index in [1.807, 2.05) is 11.4 Å². The summed E-state index contributed by atoms with van der Waals surface area (Å²) in [6.07, 6.45) is 9.73. The van der Waals surface area contributed by atoms with Crippen LogP contribution in [0.4, 0.5) is 10.5 Å².